The lowest BCUT2D eigenvalue weighted by Gasteiger charge is -2.34. The molecule has 4 nitrogen and oxygen atoms in total. The van der Waals surface area contributed by atoms with Crippen LogP contribution in [-0.4, -0.2) is 27.9 Å². The first-order valence-corrected chi connectivity index (χ1v) is 8.00. The van der Waals surface area contributed by atoms with E-state index >= 15 is 0 Å². The molecule has 22 heavy (non-hydrogen) atoms. The van der Waals surface area contributed by atoms with Crippen LogP contribution in [0.1, 0.15) is 20.9 Å². The van der Waals surface area contributed by atoms with Crippen molar-refractivity contribution in [2.75, 3.05) is 0 Å². The zero-order valence-electron chi connectivity index (χ0n) is 12.3. The molecular formula is C17H17NO3S. The number of carboxylic acids is 1. The Bertz CT molecular complexity index is 722. The van der Waals surface area contributed by atoms with Gasteiger partial charge >= 0.3 is 5.97 Å². The van der Waals surface area contributed by atoms with E-state index in [1.54, 1.807) is 11.3 Å². The summed E-state index contributed by atoms with van der Waals surface area (Å²) in [6.45, 7) is 2.37. The number of hydrogen-bond acceptors (Lipinski definition) is 3. The number of thiophene rings is 1. The van der Waals surface area contributed by atoms with Crippen molar-refractivity contribution in [2.24, 2.45) is 0 Å². The van der Waals surface area contributed by atoms with Gasteiger partial charge in [-0.1, -0.05) is 24.3 Å². The van der Waals surface area contributed by atoms with Crippen LogP contribution in [0.5, 0.6) is 0 Å². The number of benzene rings is 1. The third-order valence-corrected chi connectivity index (χ3v) is 4.98. The summed E-state index contributed by atoms with van der Waals surface area (Å²) in [5.41, 5.74) is 2.06. The average molecular weight is 315 g/mol. The zero-order chi connectivity index (χ0) is 15.7. The molecule has 1 amide bonds. The minimum absolute atomic E-state index is 0.122. The lowest BCUT2D eigenvalue weighted by molar-refractivity contribution is -0.151. The van der Waals surface area contributed by atoms with Crippen LogP contribution >= 0.6 is 11.3 Å². The number of nitrogens with zero attached hydrogens (tertiary/aromatic N) is 1. The molecule has 0 spiro atoms. The molecule has 3 rings (SSSR count). The molecule has 0 aliphatic carbocycles. The normalized spacial score (nSPS) is 17.1. The number of carbonyl (C=O) groups excluding carboxylic acids is 1. The largest absolute Gasteiger partial charge is 0.480 e. The number of aryl methyl sites for hydroxylation is 1. The number of aliphatic carboxylic acids is 1. The molecule has 0 saturated carbocycles. The maximum absolute atomic E-state index is 12.6. The Labute approximate surface area is 133 Å². The van der Waals surface area contributed by atoms with E-state index in [2.05, 4.69) is 0 Å². The van der Waals surface area contributed by atoms with Crippen LogP contribution in [-0.2, 0) is 29.0 Å². The third-order valence-electron chi connectivity index (χ3n) is 3.98. The maximum atomic E-state index is 12.6. The molecule has 1 aromatic carbocycles. The SMILES string of the molecule is Cc1ccc(CC(=O)N2Cc3ccccc3C[C@@H]2C(=O)O)s1. The van der Waals surface area contributed by atoms with Crippen molar-refractivity contribution in [2.45, 2.75) is 32.4 Å². The first-order valence-electron chi connectivity index (χ1n) is 7.19. The second-order valence-corrected chi connectivity index (χ2v) is 6.91. The topological polar surface area (TPSA) is 57.6 Å². The highest BCUT2D eigenvalue weighted by Gasteiger charge is 2.34. The van der Waals surface area contributed by atoms with Crippen molar-refractivity contribution in [3.63, 3.8) is 0 Å². The number of carbonyl (C=O) groups is 2. The van der Waals surface area contributed by atoms with Gasteiger partial charge in [0, 0.05) is 22.7 Å². The van der Waals surface area contributed by atoms with Crippen LogP contribution in [0.2, 0.25) is 0 Å². The molecule has 1 N–H and O–H groups in total. The fourth-order valence-electron chi connectivity index (χ4n) is 2.84. The smallest absolute Gasteiger partial charge is 0.326 e. The monoisotopic (exact) mass is 315 g/mol. The summed E-state index contributed by atoms with van der Waals surface area (Å²) >= 11 is 1.58. The van der Waals surface area contributed by atoms with Crippen molar-refractivity contribution in [3.8, 4) is 0 Å². The standard InChI is InChI=1S/C17H17NO3S/c1-11-6-7-14(22-11)9-16(19)18-10-13-5-3-2-4-12(13)8-15(18)17(20)21/h2-7,15H,8-10H2,1H3,(H,20,21)/t15-/m1/s1. The number of hydrogen-bond donors (Lipinski definition) is 1. The lowest BCUT2D eigenvalue weighted by Crippen LogP contribution is -2.49. The van der Waals surface area contributed by atoms with E-state index in [1.165, 1.54) is 4.90 Å². The van der Waals surface area contributed by atoms with Crippen LogP contribution in [0, 0.1) is 6.92 Å². The van der Waals surface area contributed by atoms with Gasteiger partial charge in [-0.15, -0.1) is 11.3 Å². The van der Waals surface area contributed by atoms with E-state index in [0.717, 1.165) is 20.9 Å². The maximum Gasteiger partial charge on any atom is 0.326 e. The second kappa shape index (κ2) is 5.93. The molecule has 0 bridgehead atoms. The van der Waals surface area contributed by atoms with Crippen molar-refractivity contribution in [1.29, 1.82) is 0 Å². The van der Waals surface area contributed by atoms with Crippen molar-refractivity contribution in [3.05, 3.63) is 57.3 Å². The fourth-order valence-corrected chi connectivity index (χ4v) is 3.72. The van der Waals surface area contributed by atoms with Gasteiger partial charge in [-0.25, -0.2) is 4.79 Å². The lowest BCUT2D eigenvalue weighted by atomic mass is 9.93. The van der Waals surface area contributed by atoms with Crippen molar-refractivity contribution < 1.29 is 14.7 Å². The first-order chi connectivity index (χ1) is 10.5. The number of amides is 1. The molecule has 2 heterocycles. The van der Waals surface area contributed by atoms with Gasteiger partial charge in [-0.05, 0) is 30.2 Å². The first kappa shape index (κ1) is 14.8. The second-order valence-electron chi connectivity index (χ2n) is 5.54. The Morgan fingerprint density at radius 2 is 1.95 bits per heavy atom. The molecule has 114 valence electrons. The van der Waals surface area contributed by atoms with Gasteiger partial charge in [-0.3, -0.25) is 4.79 Å². The molecule has 0 saturated heterocycles. The van der Waals surface area contributed by atoms with Gasteiger partial charge in [0.2, 0.25) is 5.91 Å². The zero-order valence-corrected chi connectivity index (χ0v) is 13.1. The summed E-state index contributed by atoms with van der Waals surface area (Å²) in [7, 11) is 0. The summed E-state index contributed by atoms with van der Waals surface area (Å²) in [5.74, 6) is -1.06. The predicted molar refractivity (Wildman–Crippen MR) is 84.9 cm³/mol. The minimum atomic E-state index is -0.940. The summed E-state index contributed by atoms with van der Waals surface area (Å²) in [5, 5.41) is 9.46. The van der Waals surface area contributed by atoms with Gasteiger partial charge < -0.3 is 10.0 Å². The minimum Gasteiger partial charge on any atom is -0.480 e. The Morgan fingerprint density at radius 3 is 2.59 bits per heavy atom. The Balaban J connectivity index is 1.84. The molecular weight excluding hydrogens is 298 g/mol. The van der Waals surface area contributed by atoms with Gasteiger partial charge in [0.05, 0.1) is 6.42 Å². The summed E-state index contributed by atoms with van der Waals surface area (Å²) in [4.78, 5) is 27.7. The Hall–Kier alpha value is -2.14. The molecule has 1 aromatic heterocycles. The molecule has 1 atom stereocenters. The number of carboxylic acid groups (broad SMARTS) is 1. The van der Waals surface area contributed by atoms with E-state index in [9.17, 15) is 14.7 Å². The Kier molecular flexibility index (Phi) is 3.98. The van der Waals surface area contributed by atoms with E-state index in [0.29, 0.717) is 13.0 Å². The van der Waals surface area contributed by atoms with Crippen molar-refractivity contribution >= 4 is 23.2 Å². The van der Waals surface area contributed by atoms with Gasteiger partial charge in [0.25, 0.3) is 0 Å². The molecule has 1 aliphatic heterocycles. The highest BCUT2D eigenvalue weighted by atomic mass is 32.1. The van der Waals surface area contributed by atoms with Crippen LogP contribution in [0.15, 0.2) is 36.4 Å². The summed E-state index contributed by atoms with van der Waals surface area (Å²) in [6, 6.07) is 10.9. The van der Waals surface area contributed by atoms with E-state index in [1.807, 2.05) is 43.3 Å². The van der Waals surface area contributed by atoms with Gasteiger partial charge in [-0.2, -0.15) is 0 Å². The van der Waals surface area contributed by atoms with Crippen LogP contribution in [0.4, 0.5) is 0 Å². The highest BCUT2D eigenvalue weighted by molar-refractivity contribution is 7.12. The van der Waals surface area contributed by atoms with E-state index in [4.69, 9.17) is 0 Å². The molecule has 2 aromatic rings. The molecule has 1 aliphatic rings. The quantitative estimate of drug-likeness (QED) is 0.947. The van der Waals surface area contributed by atoms with Crippen molar-refractivity contribution in [1.82, 2.24) is 4.90 Å². The van der Waals surface area contributed by atoms with Gasteiger partial charge in [0.1, 0.15) is 6.04 Å². The van der Waals surface area contributed by atoms with Crippen LogP contribution in [0.25, 0.3) is 0 Å². The van der Waals surface area contributed by atoms with Crippen LogP contribution < -0.4 is 0 Å². The summed E-state index contributed by atoms with van der Waals surface area (Å²) in [6.07, 6.45) is 0.644. The fraction of sp³-hybridized carbons (Fsp3) is 0.294. The van der Waals surface area contributed by atoms with E-state index in [-0.39, 0.29) is 12.3 Å². The molecule has 5 heteroatoms. The summed E-state index contributed by atoms with van der Waals surface area (Å²) < 4.78 is 0. The number of rotatable bonds is 3. The Morgan fingerprint density at radius 1 is 1.23 bits per heavy atom. The average Bonchev–Trinajstić information content (AvgIpc) is 2.90. The molecule has 0 fully saturated rings. The van der Waals surface area contributed by atoms with E-state index < -0.39 is 12.0 Å². The van der Waals surface area contributed by atoms with Gasteiger partial charge in [0.15, 0.2) is 0 Å². The third kappa shape index (κ3) is 2.90. The molecule has 0 unspecified atom stereocenters. The highest BCUT2D eigenvalue weighted by Crippen LogP contribution is 2.25. The molecule has 0 radical (unpaired) electrons. The number of fused-ring (bicyclic) bond motifs is 1. The van der Waals surface area contributed by atoms with Crippen LogP contribution in [0.3, 0.4) is 0 Å². The predicted octanol–water partition coefficient (Wildman–Crippen LogP) is 2.64.